The van der Waals surface area contributed by atoms with Gasteiger partial charge in [0, 0.05) is 25.0 Å². The summed E-state index contributed by atoms with van der Waals surface area (Å²) >= 11 is 0. The van der Waals surface area contributed by atoms with Crippen LogP contribution in [0.3, 0.4) is 0 Å². The lowest BCUT2D eigenvalue weighted by atomic mass is 10.1. The van der Waals surface area contributed by atoms with Crippen LogP contribution in [0, 0.1) is 13.8 Å². The van der Waals surface area contributed by atoms with E-state index < -0.39 is 5.91 Å². The van der Waals surface area contributed by atoms with E-state index in [4.69, 9.17) is 4.74 Å². The van der Waals surface area contributed by atoms with Crippen molar-refractivity contribution in [2.45, 2.75) is 20.4 Å². The molecule has 0 aliphatic rings. The molecule has 2 aromatic heterocycles. The summed E-state index contributed by atoms with van der Waals surface area (Å²) < 4.78 is 6.60. The van der Waals surface area contributed by atoms with Crippen molar-refractivity contribution in [1.29, 1.82) is 0 Å². The third-order valence-corrected chi connectivity index (χ3v) is 4.13. The summed E-state index contributed by atoms with van der Waals surface area (Å²) in [5, 5.41) is 2.79. The number of carbonyl (C=O) groups excluding carboxylic acids is 1. The SMILES string of the molecule is COCCn1c(C)cc(C)c(C(=O)Nc2ccc3nc[nH]c3c2)c1=O. The Hall–Kier alpha value is -2.93. The van der Waals surface area contributed by atoms with Gasteiger partial charge in [-0.3, -0.25) is 9.59 Å². The Bertz CT molecular complexity index is 988. The maximum Gasteiger partial charge on any atom is 0.263 e. The maximum atomic E-state index is 12.7. The van der Waals surface area contributed by atoms with Crippen molar-refractivity contribution in [3.8, 4) is 0 Å². The van der Waals surface area contributed by atoms with E-state index in [0.717, 1.165) is 16.7 Å². The fourth-order valence-corrected chi connectivity index (χ4v) is 2.87. The van der Waals surface area contributed by atoms with Gasteiger partial charge in [0.25, 0.3) is 11.5 Å². The normalized spacial score (nSPS) is 11.0. The number of hydrogen-bond donors (Lipinski definition) is 2. The van der Waals surface area contributed by atoms with Crippen LogP contribution in [0.1, 0.15) is 21.6 Å². The van der Waals surface area contributed by atoms with E-state index in [9.17, 15) is 9.59 Å². The minimum absolute atomic E-state index is 0.145. The lowest BCUT2D eigenvalue weighted by molar-refractivity contribution is 0.102. The molecule has 3 rings (SSSR count). The maximum absolute atomic E-state index is 12.7. The number of anilines is 1. The molecule has 0 fully saturated rings. The molecule has 0 atom stereocenters. The number of nitrogens with zero attached hydrogens (tertiary/aromatic N) is 2. The zero-order chi connectivity index (χ0) is 18.0. The van der Waals surface area contributed by atoms with Gasteiger partial charge in [-0.25, -0.2) is 4.98 Å². The first-order valence-corrected chi connectivity index (χ1v) is 7.95. The number of hydrogen-bond acceptors (Lipinski definition) is 4. The van der Waals surface area contributed by atoms with Crippen molar-refractivity contribution >= 4 is 22.6 Å². The number of pyridine rings is 1. The molecule has 2 N–H and O–H groups in total. The number of H-pyrrole nitrogens is 1. The lowest BCUT2D eigenvalue weighted by Gasteiger charge is -2.14. The van der Waals surface area contributed by atoms with Crippen LogP contribution in [0.25, 0.3) is 11.0 Å². The van der Waals surface area contributed by atoms with Gasteiger partial charge >= 0.3 is 0 Å². The molecule has 0 bridgehead atoms. The molecule has 0 saturated carbocycles. The largest absolute Gasteiger partial charge is 0.383 e. The van der Waals surface area contributed by atoms with E-state index in [-0.39, 0.29) is 11.1 Å². The molecule has 25 heavy (non-hydrogen) atoms. The van der Waals surface area contributed by atoms with Crippen molar-refractivity contribution in [2.75, 3.05) is 19.0 Å². The second-order valence-electron chi connectivity index (χ2n) is 5.88. The van der Waals surface area contributed by atoms with Crippen LogP contribution >= 0.6 is 0 Å². The van der Waals surface area contributed by atoms with Crippen LogP contribution in [0.5, 0.6) is 0 Å². The van der Waals surface area contributed by atoms with Crippen molar-refractivity contribution in [1.82, 2.24) is 14.5 Å². The lowest BCUT2D eigenvalue weighted by Crippen LogP contribution is -2.32. The molecular weight excluding hydrogens is 320 g/mol. The smallest absolute Gasteiger partial charge is 0.263 e. The fourth-order valence-electron chi connectivity index (χ4n) is 2.87. The van der Waals surface area contributed by atoms with Gasteiger partial charge in [-0.15, -0.1) is 0 Å². The van der Waals surface area contributed by atoms with E-state index in [0.29, 0.717) is 24.4 Å². The number of aromatic nitrogens is 3. The number of rotatable bonds is 5. The number of amides is 1. The molecule has 2 heterocycles. The summed E-state index contributed by atoms with van der Waals surface area (Å²) in [4.78, 5) is 32.6. The Morgan fingerprint density at radius 1 is 1.32 bits per heavy atom. The molecule has 0 aliphatic heterocycles. The van der Waals surface area contributed by atoms with Gasteiger partial charge in [-0.2, -0.15) is 0 Å². The first kappa shape index (κ1) is 16.9. The second kappa shape index (κ2) is 6.90. The highest BCUT2D eigenvalue weighted by Gasteiger charge is 2.18. The summed E-state index contributed by atoms with van der Waals surface area (Å²) in [7, 11) is 1.58. The number of imidazole rings is 1. The number of benzene rings is 1. The standard InChI is InChI=1S/C18H20N4O3/c1-11-8-12(2)22(6-7-25-3)18(24)16(11)17(23)21-13-4-5-14-15(9-13)20-10-19-14/h4-5,8-10H,6-7H2,1-3H3,(H,19,20)(H,21,23). The predicted molar refractivity (Wildman–Crippen MR) is 96.1 cm³/mol. The minimum atomic E-state index is -0.424. The average Bonchev–Trinajstić information content (AvgIpc) is 3.02. The second-order valence-corrected chi connectivity index (χ2v) is 5.88. The molecule has 130 valence electrons. The molecule has 0 radical (unpaired) electrons. The minimum Gasteiger partial charge on any atom is -0.383 e. The van der Waals surface area contributed by atoms with Gasteiger partial charge in [0.2, 0.25) is 0 Å². The number of aromatic amines is 1. The Balaban J connectivity index is 1.94. The van der Waals surface area contributed by atoms with Crippen LogP contribution in [-0.4, -0.2) is 34.2 Å². The van der Waals surface area contributed by atoms with E-state index in [1.165, 1.54) is 0 Å². The molecule has 7 nitrogen and oxygen atoms in total. The van der Waals surface area contributed by atoms with Gasteiger partial charge in [0.1, 0.15) is 5.56 Å². The number of methoxy groups -OCH3 is 1. The van der Waals surface area contributed by atoms with Crippen LogP contribution in [-0.2, 0) is 11.3 Å². The Kier molecular flexibility index (Phi) is 4.67. The summed E-state index contributed by atoms with van der Waals surface area (Å²) in [6.07, 6.45) is 1.59. The molecule has 0 unspecified atom stereocenters. The number of carbonyl (C=O) groups is 1. The van der Waals surface area contributed by atoms with E-state index in [2.05, 4.69) is 15.3 Å². The molecular formula is C18H20N4O3. The van der Waals surface area contributed by atoms with Gasteiger partial charge in [0.15, 0.2) is 0 Å². The highest BCUT2D eigenvalue weighted by Crippen LogP contribution is 2.17. The van der Waals surface area contributed by atoms with Gasteiger partial charge < -0.3 is 19.6 Å². The van der Waals surface area contributed by atoms with Gasteiger partial charge in [-0.1, -0.05) is 0 Å². The Morgan fingerprint density at radius 3 is 2.88 bits per heavy atom. The first-order valence-electron chi connectivity index (χ1n) is 7.95. The number of fused-ring (bicyclic) bond motifs is 1. The van der Waals surface area contributed by atoms with Crippen molar-refractivity contribution in [2.24, 2.45) is 0 Å². The Labute approximate surface area is 144 Å². The quantitative estimate of drug-likeness (QED) is 0.745. The highest BCUT2D eigenvalue weighted by atomic mass is 16.5. The van der Waals surface area contributed by atoms with Crippen LogP contribution in [0.2, 0.25) is 0 Å². The van der Waals surface area contributed by atoms with Gasteiger partial charge in [-0.05, 0) is 43.7 Å². The molecule has 0 saturated heterocycles. The topological polar surface area (TPSA) is 89.0 Å². The van der Waals surface area contributed by atoms with E-state index in [1.807, 2.05) is 13.0 Å². The number of ether oxygens (including phenoxy) is 1. The molecule has 0 spiro atoms. The summed E-state index contributed by atoms with van der Waals surface area (Å²) in [6, 6.07) is 7.19. The van der Waals surface area contributed by atoms with Crippen LogP contribution < -0.4 is 10.9 Å². The van der Waals surface area contributed by atoms with Crippen molar-refractivity contribution < 1.29 is 9.53 Å². The molecule has 0 aliphatic carbocycles. The number of aryl methyl sites for hydroxylation is 2. The molecule has 7 heteroatoms. The summed E-state index contributed by atoms with van der Waals surface area (Å²) in [5.74, 6) is -0.424. The average molecular weight is 340 g/mol. The molecule has 1 aromatic carbocycles. The third-order valence-electron chi connectivity index (χ3n) is 4.13. The zero-order valence-corrected chi connectivity index (χ0v) is 14.4. The predicted octanol–water partition coefficient (Wildman–Crippen LogP) is 2.24. The van der Waals surface area contributed by atoms with E-state index >= 15 is 0 Å². The van der Waals surface area contributed by atoms with Crippen LogP contribution in [0.4, 0.5) is 5.69 Å². The first-order chi connectivity index (χ1) is 12.0. The monoisotopic (exact) mass is 340 g/mol. The zero-order valence-electron chi connectivity index (χ0n) is 14.4. The Morgan fingerprint density at radius 2 is 2.12 bits per heavy atom. The van der Waals surface area contributed by atoms with Crippen molar-refractivity contribution in [3.63, 3.8) is 0 Å². The summed E-state index contributed by atoms with van der Waals surface area (Å²) in [6.45, 7) is 4.42. The van der Waals surface area contributed by atoms with Crippen LogP contribution in [0.15, 0.2) is 35.4 Å². The fraction of sp³-hybridized carbons (Fsp3) is 0.278. The molecule has 3 aromatic rings. The van der Waals surface area contributed by atoms with Crippen molar-refractivity contribution in [3.05, 3.63) is 57.8 Å². The summed E-state index contributed by atoms with van der Waals surface area (Å²) in [5.41, 5.74) is 3.51. The molecule has 1 amide bonds. The number of nitrogens with one attached hydrogen (secondary N) is 2. The van der Waals surface area contributed by atoms with E-state index in [1.54, 1.807) is 43.1 Å². The highest BCUT2D eigenvalue weighted by molar-refractivity contribution is 6.05. The van der Waals surface area contributed by atoms with Gasteiger partial charge in [0.05, 0.1) is 24.0 Å². The third kappa shape index (κ3) is 3.32.